The van der Waals surface area contributed by atoms with Gasteiger partial charge in [0, 0.05) is 27.1 Å². The summed E-state index contributed by atoms with van der Waals surface area (Å²) in [5.74, 6) is 0.872. The van der Waals surface area contributed by atoms with Crippen molar-refractivity contribution in [3.8, 4) is 0 Å². The number of rotatable bonds is 11. The molecule has 0 aliphatic heterocycles. The zero-order valence-corrected chi connectivity index (χ0v) is 18.8. The summed E-state index contributed by atoms with van der Waals surface area (Å²) in [6.07, 6.45) is 6.57. The van der Waals surface area contributed by atoms with E-state index < -0.39 is 0 Å². The Balaban J connectivity index is 0.00000392. The molecule has 0 aromatic carbocycles. The molecule has 0 saturated heterocycles. The second kappa shape index (κ2) is 11.4. The standard InChI is InChI=1S/C20H35N5O2.ClH/c1-6-9-12-24(13-10-7-2)14-11-15-25-16(8-3)21-18-17(25)19(26)23(5)20(27)22(18)4;/h6-15H2,1-5H3;1H. The largest absolute Gasteiger partial charge is 0.332 e. The Morgan fingerprint density at radius 2 is 1.46 bits per heavy atom. The van der Waals surface area contributed by atoms with E-state index in [9.17, 15) is 9.59 Å². The summed E-state index contributed by atoms with van der Waals surface area (Å²) in [6.45, 7) is 10.5. The van der Waals surface area contributed by atoms with Crippen molar-refractivity contribution in [2.24, 2.45) is 14.1 Å². The maximum absolute atomic E-state index is 12.7. The molecule has 2 aromatic heterocycles. The molecule has 7 nitrogen and oxygen atoms in total. The molecule has 0 atom stereocenters. The molecule has 2 aromatic rings. The van der Waals surface area contributed by atoms with Gasteiger partial charge in [-0.3, -0.25) is 13.9 Å². The van der Waals surface area contributed by atoms with Crippen LogP contribution in [0.3, 0.4) is 0 Å². The molecule has 160 valence electrons. The SMILES string of the molecule is CCCCN(CCCC)CCCn1c(CC)nc2c1c(=O)n(C)c(=O)n2C.Cl. The first kappa shape index (κ1) is 24.4. The lowest BCUT2D eigenvalue weighted by Crippen LogP contribution is -2.37. The van der Waals surface area contributed by atoms with Crippen LogP contribution in [-0.4, -0.2) is 43.2 Å². The number of fused-ring (bicyclic) bond motifs is 1. The molecule has 28 heavy (non-hydrogen) atoms. The zero-order valence-electron chi connectivity index (χ0n) is 18.0. The summed E-state index contributed by atoms with van der Waals surface area (Å²) in [4.78, 5) is 32.0. The number of unbranched alkanes of at least 4 members (excludes halogenated alkanes) is 2. The molecule has 0 spiro atoms. The van der Waals surface area contributed by atoms with Crippen molar-refractivity contribution in [1.29, 1.82) is 0 Å². The molecule has 2 heterocycles. The lowest BCUT2D eigenvalue weighted by Gasteiger charge is -2.22. The van der Waals surface area contributed by atoms with E-state index >= 15 is 0 Å². The minimum atomic E-state index is -0.329. The van der Waals surface area contributed by atoms with Crippen molar-refractivity contribution in [3.63, 3.8) is 0 Å². The monoisotopic (exact) mass is 413 g/mol. The second-order valence-electron chi connectivity index (χ2n) is 7.31. The van der Waals surface area contributed by atoms with Gasteiger partial charge < -0.3 is 9.47 Å². The van der Waals surface area contributed by atoms with E-state index in [-0.39, 0.29) is 23.7 Å². The minimum Gasteiger partial charge on any atom is -0.322 e. The Bertz CT molecular complexity index is 860. The Kier molecular flexibility index (Phi) is 9.96. The maximum atomic E-state index is 12.7. The number of nitrogens with zero attached hydrogens (tertiary/aromatic N) is 5. The summed E-state index contributed by atoms with van der Waals surface area (Å²) >= 11 is 0. The van der Waals surface area contributed by atoms with Gasteiger partial charge in [-0.05, 0) is 38.9 Å². The third-order valence-corrected chi connectivity index (χ3v) is 5.26. The summed E-state index contributed by atoms with van der Waals surface area (Å²) in [6, 6.07) is 0. The molecule has 0 bridgehead atoms. The van der Waals surface area contributed by atoms with Gasteiger partial charge in [0.1, 0.15) is 5.82 Å². The molecule has 0 N–H and O–H groups in total. The first-order chi connectivity index (χ1) is 13.0. The average Bonchev–Trinajstić information content (AvgIpc) is 3.05. The maximum Gasteiger partial charge on any atom is 0.332 e. The van der Waals surface area contributed by atoms with Gasteiger partial charge in [0.15, 0.2) is 11.2 Å². The zero-order chi connectivity index (χ0) is 20.0. The molecule has 8 heteroatoms. The van der Waals surface area contributed by atoms with Crippen LogP contribution in [0.25, 0.3) is 11.2 Å². The van der Waals surface area contributed by atoms with E-state index in [0.717, 1.165) is 44.8 Å². The fourth-order valence-electron chi connectivity index (χ4n) is 3.55. The van der Waals surface area contributed by atoms with Gasteiger partial charge in [-0.15, -0.1) is 12.4 Å². The van der Waals surface area contributed by atoms with Gasteiger partial charge in [0.05, 0.1) is 0 Å². The van der Waals surface area contributed by atoms with Crippen LogP contribution in [0.5, 0.6) is 0 Å². The Hall–Kier alpha value is -1.60. The molecule has 0 amide bonds. The molecule has 2 rings (SSSR count). The van der Waals surface area contributed by atoms with Gasteiger partial charge in [-0.2, -0.15) is 0 Å². The van der Waals surface area contributed by atoms with E-state index in [4.69, 9.17) is 0 Å². The number of aryl methyl sites for hydroxylation is 3. The van der Waals surface area contributed by atoms with Crippen molar-refractivity contribution in [2.75, 3.05) is 19.6 Å². The van der Waals surface area contributed by atoms with Crippen molar-refractivity contribution < 1.29 is 0 Å². The lowest BCUT2D eigenvalue weighted by molar-refractivity contribution is 0.257. The van der Waals surface area contributed by atoms with Gasteiger partial charge in [-0.1, -0.05) is 33.6 Å². The second-order valence-corrected chi connectivity index (χ2v) is 7.31. The lowest BCUT2D eigenvalue weighted by atomic mass is 10.2. The fourth-order valence-corrected chi connectivity index (χ4v) is 3.55. The topological polar surface area (TPSA) is 65.1 Å². The molecular formula is C20H36ClN5O2. The van der Waals surface area contributed by atoms with Gasteiger partial charge >= 0.3 is 5.69 Å². The van der Waals surface area contributed by atoms with Gasteiger partial charge in [0.2, 0.25) is 0 Å². The van der Waals surface area contributed by atoms with Crippen LogP contribution in [0.1, 0.15) is 58.7 Å². The van der Waals surface area contributed by atoms with E-state index in [2.05, 4.69) is 23.7 Å². The summed E-state index contributed by atoms with van der Waals surface area (Å²) in [7, 11) is 3.21. The number of imidazole rings is 1. The van der Waals surface area contributed by atoms with Crippen LogP contribution in [0.4, 0.5) is 0 Å². The van der Waals surface area contributed by atoms with Crippen molar-refractivity contribution in [1.82, 2.24) is 23.6 Å². The predicted molar refractivity (Wildman–Crippen MR) is 118 cm³/mol. The Morgan fingerprint density at radius 3 is 2.00 bits per heavy atom. The molecule has 0 aliphatic rings. The molecule has 0 fully saturated rings. The van der Waals surface area contributed by atoms with E-state index in [1.165, 1.54) is 41.9 Å². The highest BCUT2D eigenvalue weighted by Gasteiger charge is 2.18. The first-order valence-electron chi connectivity index (χ1n) is 10.3. The van der Waals surface area contributed by atoms with Crippen LogP contribution >= 0.6 is 12.4 Å². The van der Waals surface area contributed by atoms with Crippen LogP contribution in [0.15, 0.2) is 9.59 Å². The minimum absolute atomic E-state index is 0. The Labute approximate surface area is 173 Å². The van der Waals surface area contributed by atoms with E-state index in [1.807, 2.05) is 11.5 Å². The first-order valence-corrected chi connectivity index (χ1v) is 10.3. The van der Waals surface area contributed by atoms with Crippen LogP contribution in [0, 0.1) is 0 Å². The number of aromatic nitrogens is 4. The van der Waals surface area contributed by atoms with Crippen LogP contribution in [-0.2, 0) is 27.1 Å². The quantitative estimate of drug-likeness (QED) is 0.568. The Morgan fingerprint density at radius 1 is 0.893 bits per heavy atom. The molecule has 0 radical (unpaired) electrons. The van der Waals surface area contributed by atoms with Gasteiger partial charge in [0.25, 0.3) is 5.56 Å². The fraction of sp³-hybridized carbons (Fsp3) is 0.750. The normalized spacial score (nSPS) is 11.4. The average molecular weight is 414 g/mol. The summed E-state index contributed by atoms with van der Waals surface area (Å²) < 4.78 is 4.67. The highest BCUT2D eigenvalue weighted by molar-refractivity contribution is 5.85. The van der Waals surface area contributed by atoms with Crippen LogP contribution in [0.2, 0.25) is 0 Å². The number of hydrogen-bond donors (Lipinski definition) is 0. The molecule has 0 unspecified atom stereocenters. The summed E-state index contributed by atoms with van der Waals surface area (Å²) in [5.41, 5.74) is 0.457. The highest BCUT2D eigenvalue weighted by Crippen LogP contribution is 2.13. The van der Waals surface area contributed by atoms with Crippen LogP contribution < -0.4 is 11.2 Å². The highest BCUT2D eigenvalue weighted by atomic mass is 35.5. The smallest absolute Gasteiger partial charge is 0.322 e. The van der Waals surface area contributed by atoms with E-state index in [0.29, 0.717) is 11.2 Å². The van der Waals surface area contributed by atoms with Crippen molar-refractivity contribution >= 4 is 23.6 Å². The molecular weight excluding hydrogens is 378 g/mol. The number of hydrogen-bond acceptors (Lipinski definition) is 4. The number of halogens is 1. The summed E-state index contributed by atoms with van der Waals surface area (Å²) in [5, 5.41) is 0. The predicted octanol–water partition coefficient (Wildman–Crippen LogP) is 2.71. The van der Waals surface area contributed by atoms with Crippen molar-refractivity contribution in [2.45, 2.75) is 65.8 Å². The van der Waals surface area contributed by atoms with Gasteiger partial charge in [-0.25, -0.2) is 9.78 Å². The third-order valence-electron chi connectivity index (χ3n) is 5.26. The van der Waals surface area contributed by atoms with Crippen molar-refractivity contribution in [3.05, 3.63) is 26.7 Å². The van der Waals surface area contributed by atoms with E-state index in [1.54, 1.807) is 7.05 Å². The molecule has 0 saturated carbocycles. The molecule has 0 aliphatic carbocycles. The third kappa shape index (κ3) is 5.26.